The Hall–Kier alpha value is -1.99. The van der Waals surface area contributed by atoms with E-state index in [1.807, 2.05) is 4.57 Å². The second kappa shape index (κ2) is 7.27. The number of benzene rings is 1. The van der Waals surface area contributed by atoms with Gasteiger partial charge in [-0.25, -0.2) is 4.39 Å². The molecule has 2 aromatic rings. The van der Waals surface area contributed by atoms with Gasteiger partial charge in [0.2, 0.25) is 0 Å². The van der Waals surface area contributed by atoms with Gasteiger partial charge in [0.25, 0.3) is 5.91 Å². The van der Waals surface area contributed by atoms with Crippen LogP contribution in [-0.2, 0) is 11.3 Å². The molecular formula is C16H18ClFN4O2. The van der Waals surface area contributed by atoms with Gasteiger partial charge in [0.15, 0.2) is 5.82 Å². The van der Waals surface area contributed by atoms with Gasteiger partial charge in [-0.2, -0.15) is 0 Å². The number of rotatable bonds is 4. The molecule has 1 saturated heterocycles. The normalized spacial score (nSPS) is 15.7. The van der Waals surface area contributed by atoms with E-state index in [2.05, 4.69) is 10.2 Å². The molecule has 0 bridgehead atoms. The number of piperidine rings is 1. The molecule has 0 atom stereocenters. The third kappa shape index (κ3) is 3.42. The van der Waals surface area contributed by atoms with Crippen molar-refractivity contribution >= 4 is 17.5 Å². The topological polar surface area (TPSA) is 60.3 Å². The van der Waals surface area contributed by atoms with E-state index in [1.54, 1.807) is 18.3 Å². The van der Waals surface area contributed by atoms with Crippen LogP contribution in [0.5, 0.6) is 0 Å². The fourth-order valence-corrected chi connectivity index (χ4v) is 3.18. The van der Waals surface area contributed by atoms with Gasteiger partial charge in [0.1, 0.15) is 18.8 Å². The summed E-state index contributed by atoms with van der Waals surface area (Å²) in [5.74, 6) is 0.0700. The predicted octanol–water partition coefficient (Wildman–Crippen LogP) is 2.69. The highest BCUT2D eigenvalue weighted by Gasteiger charge is 2.27. The van der Waals surface area contributed by atoms with E-state index < -0.39 is 5.82 Å². The summed E-state index contributed by atoms with van der Waals surface area (Å²) in [5.41, 5.74) is 0.208. The van der Waals surface area contributed by atoms with Gasteiger partial charge in [0.05, 0.1) is 10.6 Å². The molecule has 1 aliphatic heterocycles. The number of carbonyl (C=O) groups is 1. The number of aromatic nitrogens is 3. The molecular weight excluding hydrogens is 335 g/mol. The van der Waals surface area contributed by atoms with Gasteiger partial charge in [-0.05, 0) is 31.0 Å². The average Bonchev–Trinajstić information content (AvgIpc) is 3.05. The van der Waals surface area contributed by atoms with Crippen LogP contribution in [0, 0.1) is 5.82 Å². The van der Waals surface area contributed by atoms with Crippen molar-refractivity contribution in [3.8, 4) is 0 Å². The molecule has 1 aromatic heterocycles. The van der Waals surface area contributed by atoms with Crippen LogP contribution in [0.25, 0.3) is 0 Å². The molecule has 6 nitrogen and oxygen atoms in total. The Morgan fingerprint density at radius 2 is 2.17 bits per heavy atom. The van der Waals surface area contributed by atoms with Crippen molar-refractivity contribution in [1.29, 1.82) is 0 Å². The number of ether oxygens (including phenoxy) is 1. The maximum absolute atomic E-state index is 13.4. The van der Waals surface area contributed by atoms with E-state index in [0.29, 0.717) is 19.7 Å². The number of nitrogens with zero attached hydrogens (tertiary/aromatic N) is 4. The number of hydrogen-bond acceptors (Lipinski definition) is 4. The summed E-state index contributed by atoms with van der Waals surface area (Å²) in [4.78, 5) is 14.3. The third-order valence-corrected chi connectivity index (χ3v) is 4.55. The van der Waals surface area contributed by atoms with Crippen molar-refractivity contribution < 1.29 is 13.9 Å². The van der Waals surface area contributed by atoms with Crippen molar-refractivity contribution in [2.45, 2.75) is 25.5 Å². The Morgan fingerprint density at radius 3 is 2.88 bits per heavy atom. The molecule has 0 saturated carbocycles. The van der Waals surface area contributed by atoms with E-state index in [-0.39, 0.29) is 22.5 Å². The van der Waals surface area contributed by atoms with Crippen LogP contribution in [0.2, 0.25) is 5.02 Å². The zero-order chi connectivity index (χ0) is 17.1. The van der Waals surface area contributed by atoms with Gasteiger partial charge in [0, 0.05) is 26.2 Å². The van der Waals surface area contributed by atoms with E-state index in [0.717, 1.165) is 18.7 Å². The van der Waals surface area contributed by atoms with Gasteiger partial charge < -0.3 is 14.2 Å². The van der Waals surface area contributed by atoms with E-state index in [1.165, 1.54) is 18.2 Å². The van der Waals surface area contributed by atoms with Crippen molar-refractivity contribution in [3.05, 3.63) is 46.8 Å². The van der Waals surface area contributed by atoms with Gasteiger partial charge in [-0.15, -0.1) is 10.2 Å². The van der Waals surface area contributed by atoms with Crippen LogP contribution in [0.4, 0.5) is 4.39 Å². The molecule has 0 radical (unpaired) electrons. The molecule has 1 amide bonds. The first-order chi connectivity index (χ1) is 11.6. The van der Waals surface area contributed by atoms with Gasteiger partial charge in [-0.3, -0.25) is 4.79 Å². The van der Waals surface area contributed by atoms with Crippen LogP contribution >= 0.6 is 11.6 Å². The van der Waals surface area contributed by atoms with Gasteiger partial charge in [-0.1, -0.05) is 11.6 Å². The van der Waals surface area contributed by atoms with E-state index in [4.69, 9.17) is 16.3 Å². The summed E-state index contributed by atoms with van der Waals surface area (Å²) >= 11 is 6.03. The molecule has 0 unspecified atom stereocenters. The predicted molar refractivity (Wildman–Crippen MR) is 86.3 cm³/mol. The van der Waals surface area contributed by atoms with Crippen LogP contribution < -0.4 is 0 Å². The minimum absolute atomic E-state index is 0.208. The first-order valence-electron chi connectivity index (χ1n) is 7.71. The van der Waals surface area contributed by atoms with Crippen molar-refractivity contribution in [3.63, 3.8) is 0 Å². The zero-order valence-electron chi connectivity index (χ0n) is 13.3. The van der Waals surface area contributed by atoms with Crippen molar-refractivity contribution in [2.75, 3.05) is 20.2 Å². The highest BCUT2D eigenvalue weighted by molar-refractivity contribution is 6.33. The fraction of sp³-hybridized carbons (Fsp3) is 0.438. The SMILES string of the molecule is COCc1nncn1C1CCN(C(=O)c2cc(F)ccc2Cl)CC1. The number of carbonyl (C=O) groups excluding carboxylic acids is 1. The van der Waals surface area contributed by atoms with Crippen molar-refractivity contribution in [2.24, 2.45) is 0 Å². The third-order valence-electron chi connectivity index (χ3n) is 4.22. The van der Waals surface area contributed by atoms with Gasteiger partial charge >= 0.3 is 0 Å². The molecule has 8 heteroatoms. The smallest absolute Gasteiger partial charge is 0.255 e. The lowest BCUT2D eigenvalue weighted by molar-refractivity contribution is 0.0690. The molecule has 1 aromatic carbocycles. The standard InChI is InChI=1S/C16H18ClFN4O2/c1-24-9-15-20-19-10-22(15)12-4-6-21(7-5-12)16(23)13-8-11(18)2-3-14(13)17/h2-3,8,10,12H,4-7,9H2,1H3. The minimum atomic E-state index is -0.466. The quantitative estimate of drug-likeness (QED) is 0.848. The minimum Gasteiger partial charge on any atom is -0.377 e. The fourth-order valence-electron chi connectivity index (χ4n) is 2.98. The Balaban J connectivity index is 1.67. The highest BCUT2D eigenvalue weighted by Crippen LogP contribution is 2.26. The summed E-state index contributed by atoms with van der Waals surface area (Å²) < 4.78 is 20.5. The Labute approximate surface area is 144 Å². The largest absolute Gasteiger partial charge is 0.377 e. The number of likely N-dealkylation sites (tertiary alicyclic amines) is 1. The molecule has 3 rings (SSSR count). The molecule has 2 heterocycles. The molecule has 24 heavy (non-hydrogen) atoms. The second-order valence-electron chi connectivity index (χ2n) is 5.73. The van der Waals surface area contributed by atoms with Crippen LogP contribution in [-0.4, -0.2) is 45.8 Å². The van der Waals surface area contributed by atoms with Crippen LogP contribution in [0.15, 0.2) is 24.5 Å². The van der Waals surface area contributed by atoms with E-state index in [9.17, 15) is 9.18 Å². The maximum atomic E-state index is 13.4. The first-order valence-corrected chi connectivity index (χ1v) is 8.09. The Bertz CT molecular complexity index is 729. The van der Waals surface area contributed by atoms with Crippen molar-refractivity contribution in [1.82, 2.24) is 19.7 Å². The number of methoxy groups -OCH3 is 1. The average molecular weight is 353 g/mol. The molecule has 128 valence electrons. The lowest BCUT2D eigenvalue weighted by Gasteiger charge is -2.33. The number of halogens is 2. The molecule has 0 aliphatic carbocycles. The summed E-state index contributed by atoms with van der Waals surface area (Å²) in [7, 11) is 1.61. The summed E-state index contributed by atoms with van der Waals surface area (Å²) in [6.45, 7) is 1.54. The Morgan fingerprint density at radius 1 is 1.42 bits per heavy atom. The monoisotopic (exact) mass is 352 g/mol. The number of amides is 1. The summed E-state index contributed by atoms with van der Waals surface area (Å²) in [6.07, 6.45) is 3.24. The van der Waals surface area contributed by atoms with E-state index >= 15 is 0 Å². The maximum Gasteiger partial charge on any atom is 0.255 e. The molecule has 1 aliphatic rings. The first kappa shape index (κ1) is 16.9. The lowest BCUT2D eigenvalue weighted by Crippen LogP contribution is -2.39. The summed E-state index contributed by atoms with van der Waals surface area (Å²) in [5, 5.41) is 8.25. The lowest BCUT2D eigenvalue weighted by atomic mass is 10.0. The Kier molecular flexibility index (Phi) is 5.11. The van der Waals surface area contributed by atoms with Crippen LogP contribution in [0.3, 0.4) is 0 Å². The molecule has 0 N–H and O–H groups in total. The summed E-state index contributed by atoms with van der Waals surface area (Å²) in [6, 6.07) is 4.06. The molecule has 1 fully saturated rings. The highest BCUT2D eigenvalue weighted by atomic mass is 35.5. The number of hydrogen-bond donors (Lipinski definition) is 0. The zero-order valence-corrected chi connectivity index (χ0v) is 14.0. The second-order valence-corrected chi connectivity index (χ2v) is 6.14. The molecule has 0 spiro atoms. The van der Waals surface area contributed by atoms with Crippen LogP contribution in [0.1, 0.15) is 35.1 Å².